The average molecular weight is 382 g/mol. The fourth-order valence-corrected chi connectivity index (χ4v) is 4.44. The van der Waals surface area contributed by atoms with E-state index in [4.69, 9.17) is 4.74 Å². The average Bonchev–Trinajstić information content (AvgIpc) is 2.72. The molecule has 2 bridgehead atoms. The summed E-state index contributed by atoms with van der Waals surface area (Å²) in [6.07, 6.45) is 5.04. The van der Waals surface area contributed by atoms with Gasteiger partial charge in [-0.3, -0.25) is 4.79 Å². The molecule has 0 radical (unpaired) electrons. The van der Waals surface area contributed by atoms with Crippen molar-refractivity contribution in [1.29, 1.82) is 0 Å². The standard InChI is InChI=1S/C22H23FN2O3/c23-20-10-9-16(13-24-20)21(26)17-11-18-7-4-8-19(12-17)25(18)22(27)28-14-15-5-2-1-3-6-15/h1-3,5-6,9-10,13,17-19H,4,7-8,11-12,14H2. The number of rotatable bonds is 4. The number of ketones is 1. The molecule has 2 fully saturated rings. The zero-order chi connectivity index (χ0) is 19.5. The molecule has 2 aliphatic heterocycles. The summed E-state index contributed by atoms with van der Waals surface area (Å²) in [5.74, 6) is -0.771. The van der Waals surface area contributed by atoms with E-state index < -0.39 is 5.95 Å². The zero-order valence-corrected chi connectivity index (χ0v) is 15.6. The molecule has 1 amide bonds. The molecule has 5 nitrogen and oxygen atoms in total. The van der Waals surface area contributed by atoms with Gasteiger partial charge in [0.2, 0.25) is 5.95 Å². The number of carbonyl (C=O) groups is 2. The van der Waals surface area contributed by atoms with Crippen molar-refractivity contribution in [3.8, 4) is 0 Å². The number of hydrogen-bond donors (Lipinski definition) is 0. The van der Waals surface area contributed by atoms with Crippen LogP contribution in [0.25, 0.3) is 0 Å². The lowest BCUT2D eigenvalue weighted by Gasteiger charge is -2.47. The highest BCUT2D eigenvalue weighted by Gasteiger charge is 2.43. The summed E-state index contributed by atoms with van der Waals surface area (Å²) in [6, 6.07) is 12.3. The molecule has 4 rings (SSSR count). The molecule has 0 saturated carbocycles. The fourth-order valence-electron chi connectivity index (χ4n) is 4.44. The molecule has 6 heteroatoms. The van der Waals surface area contributed by atoms with E-state index in [9.17, 15) is 14.0 Å². The Bertz CT molecular complexity index is 827. The minimum Gasteiger partial charge on any atom is -0.445 e. The minimum atomic E-state index is -0.593. The summed E-state index contributed by atoms with van der Waals surface area (Å²) in [6.45, 7) is 0.249. The van der Waals surface area contributed by atoms with E-state index >= 15 is 0 Å². The van der Waals surface area contributed by atoms with Gasteiger partial charge >= 0.3 is 6.09 Å². The maximum Gasteiger partial charge on any atom is 0.410 e. The number of fused-ring (bicyclic) bond motifs is 2. The van der Waals surface area contributed by atoms with E-state index in [0.717, 1.165) is 24.8 Å². The van der Waals surface area contributed by atoms with Gasteiger partial charge in [-0.15, -0.1) is 0 Å². The van der Waals surface area contributed by atoms with Crippen LogP contribution in [0, 0.1) is 11.9 Å². The Morgan fingerprint density at radius 3 is 2.43 bits per heavy atom. The van der Waals surface area contributed by atoms with E-state index in [1.807, 2.05) is 35.2 Å². The van der Waals surface area contributed by atoms with Crippen LogP contribution in [-0.2, 0) is 11.3 Å². The van der Waals surface area contributed by atoms with Crippen LogP contribution in [0.5, 0.6) is 0 Å². The number of carbonyl (C=O) groups excluding carboxylic acids is 2. The van der Waals surface area contributed by atoms with Crippen molar-refractivity contribution in [1.82, 2.24) is 9.88 Å². The number of benzene rings is 1. The van der Waals surface area contributed by atoms with Crippen LogP contribution in [0.1, 0.15) is 48.0 Å². The van der Waals surface area contributed by atoms with Crippen LogP contribution in [0.3, 0.4) is 0 Å². The Morgan fingerprint density at radius 1 is 1.07 bits per heavy atom. The van der Waals surface area contributed by atoms with Crippen molar-refractivity contribution in [2.75, 3.05) is 0 Å². The maximum absolute atomic E-state index is 13.0. The highest BCUT2D eigenvalue weighted by atomic mass is 19.1. The van der Waals surface area contributed by atoms with Gasteiger partial charge in [-0.1, -0.05) is 30.3 Å². The van der Waals surface area contributed by atoms with Crippen molar-refractivity contribution in [2.24, 2.45) is 5.92 Å². The number of hydrogen-bond acceptors (Lipinski definition) is 4. The number of nitrogens with zero attached hydrogens (tertiary/aromatic N) is 2. The second-order valence-electron chi connectivity index (χ2n) is 7.59. The first-order valence-electron chi connectivity index (χ1n) is 9.76. The molecular formula is C22H23FN2O3. The number of ether oxygens (including phenoxy) is 1. The predicted molar refractivity (Wildman–Crippen MR) is 101 cm³/mol. The molecule has 0 N–H and O–H groups in total. The smallest absolute Gasteiger partial charge is 0.410 e. The third-order valence-corrected chi connectivity index (χ3v) is 5.77. The van der Waals surface area contributed by atoms with E-state index in [-0.39, 0.29) is 36.5 Å². The lowest BCUT2D eigenvalue weighted by Crippen LogP contribution is -2.55. The third-order valence-electron chi connectivity index (χ3n) is 5.77. The van der Waals surface area contributed by atoms with Gasteiger partial charge in [0.1, 0.15) is 6.61 Å². The van der Waals surface area contributed by atoms with E-state index in [2.05, 4.69) is 4.98 Å². The molecule has 2 saturated heterocycles. The predicted octanol–water partition coefficient (Wildman–Crippen LogP) is 4.37. The van der Waals surface area contributed by atoms with Gasteiger partial charge in [0.15, 0.2) is 5.78 Å². The summed E-state index contributed by atoms with van der Waals surface area (Å²) in [5, 5.41) is 0. The quantitative estimate of drug-likeness (QED) is 0.582. The largest absolute Gasteiger partial charge is 0.445 e. The van der Waals surface area contributed by atoms with E-state index in [1.165, 1.54) is 18.3 Å². The van der Waals surface area contributed by atoms with Crippen LogP contribution in [0.4, 0.5) is 9.18 Å². The highest BCUT2D eigenvalue weighted by Crippen LogP contribution is 2.38. The lowest BCUT2D eigenvalue weighted by atomic mass is 9.76. The summed E-state index contributed by atoms with van der Waals surface area (Å²) >= 11 is 0. The van der Waals surface area contributed by atoms with Gasteiger partial charge in [0, 0.05) is 29.8 Å². The molecule has 1 aromatic carbocycles. The summed E-state index contributed by atoms with van der Waals surface area (Å²) in [5.41, 5.74) is 1.39. The Kier molecular flexibility index (Phi) is 5.37. The Morgan fingerprint density at radius 2 is 1.79 bits per heavy atom. The molecule has 0 spiro atoms. The maximum atomic E-state index is 13.0. The summed E-state index contributed by atoms with van der Waals surface area (Å²) in [7, 11) is 0. The molecule has 2 unspecified atom stereocenters. The monoisotopic (exact) mass is 382 g/mol. The summed E-state index contributed by atoms with van der Waals surface area (Å²) < 4.78 is 18.6. The molecule has 0 aliphatic carbocycles. The first kappa shape index (κ1) is 18.6. The first-order valence-corrected chi connectivity index (χ1v) is 9.76. The summed E-state index contributed by atoms with van der Waals surface area (Å²) in [4.78, 5) is 31.0. The third kappa shape index (κ3) is 3.91. The molecule has 2 atom stereocenters. The molecule has 1 aromatic heterocycles. The van der Waals surface area contributed by atoms with Crippen molar-refractivity contribution < 1.29 is 18.7 Å². The van der Waals surface area contributed by atoms with Gasteiger partial charge in [-0.05, 0) is 49.8 Å². The molecular weight excluding hydrogens is 359 g/mol. The lowest BCUT2D eigenvalue weighted by molar-refractivity contribution is 0.00471. The van der Waals surface area contributed by atoms with Gasteiger partial charge in [0.05, 0.1) is 0 Å². The van der Waals surface area contributed by atoms with Gasteiger partial charge < -0.3 is 9.64 Å². The zero-order valence-electron chi connectivity index (χ0n) is 15.6. The normalized spacial score (nSPS) is 23.9. The highest BCUT2D eigenvalue weighted by molar-refractivity contribution is 5.97. The van der Waals surface area contributed by atoms with Crippen molar-refractivity contribution in [2.45, 2.75) is 50.8 Å². The molecule has 2 aliphatic rings. The number of pyridine rings is 1. The molecule has 2 aromatic rings. The molecule has 3 heterocycles. The van der Waals surface area contributed by atoms with Crippen LogP contribution >= 0.6 is 0 Å². The first-order chi connectivity index (χ1) is 13.6. The Labute approximate surface area is 163 Å². The van der Waals surface area contributed by atoms with Crippen molar-refractivity contribution in [3.05, 3.63) is 65.7 Å². The van der Waals surface area contributed by atoms with Crippen LogP contribution in [0.2, 0.25) is 0 Å². The number of amides is 1. The van der Waals surface area contributed by atoms with Crippen molar-refractivity contribution in [3.63, 3.8) is 0 Å². The van der Waals surface area contributed by atoms with E-state index in [0.29, 0.717) is 18.4 Å². The van der Waals surface area contributed by atoms with Gasteiger partial charge in [-0.2, -0.15) is 4.39 Å². The Hall–Kier alpha value is -2.76. The van der Waals surface area contributed by atoms with Gasteiger partial charge in [-0.25, -0.2) is 9.78 Å². The molecule has 28 heavy (non-hydrogen) atoms. The topological polar surface area (TPSA) is 59.5 Å². The SMILES string of the molecule is O=C(c1ccc(F)nc1)C1CC2CCCC(C1)N2C(=O)OCc1ccccc1. The van der Waals surface area contributed by atoms with Crippen LogP contribution < -0.4 is 0 Å². The number of Topliss-reactive ketones (excluding diaryl/α,β-unsaturated/α-hetero) is 1. The van der Waals surface area contributed by atoms with E-state index in [1.54, 1.807) is 0 Å². The second kappa shape index (κ2) is 8.09. The van der Waals surface area contributed by atoms with Gasteiger partial charge in [0.25, 0.3) is 0 Å². The second-order valence-corrected chi connectivity index (χ2v) is 7.59. The van der Waals surface area contributed by atoms with Crippen LogP contribution in [0.15, 0.2) is 48.7 Å². The van der Waals surface area contributed by atoms with Crippen molar-refractivity contribution >= 4 is 11.9 Å². The van der Waals surface area contributed by atoms with Crippen LogP contribution in [-0.4, -0.2) is 33.8 Å². The minimum absolute atomic E-state index is 0.0122. The fraction of sp³-hybridized carbons (Fsp3) is 0.409. The Balaban J connectivity index is 1.42. The number of halogens is 1. The number of piperidine rings is 2. The number of aromatic nitrogens is 1. The molecule has 146 valence electrons.